The second kappa shape index (κ2) is 11.1. The summed E-state index contributed by atoms with van der Waals surface area (Å²) >= 11 is 0. The molecule has 0 spiro atoms. The smallest absolute Gasteiger partial charge is 0.332 e. The lowest BCUT2D eigenvalue weighted by molar-refractivity contribution is -0.148. The van der Waals surface area contributed by atoms with Gasteiger partial charge in [-0.2, -0.15) is 0 Å². The third kappa shape index (κ3) is 7.42. The van der Waals surface area contributed by atoms with Gasteiger partial charge >= 0.3 is 5.97 Å². The molecule has 166 valence electrons. The lowest BCUT2D eigenvalue weighted by Gasteiger charge is -2.34. The average molecular weight is 420 g/mol. The van der Waals surface area contributed by atoms with Gasteiger partial charge < -0.3 is 19.7 Å². The molecule has 8 nitrogen and oxygen atoms in total. The van der Waals surface area contributed by atoms with Gasteiger partial charge in [0.15, 0.2) is 0 Å². The minimum Gasteiger partial charge on any atom is -0.463 e. The first-order chi connectivity index (χ1) is 14.2. The molecule has 1 fully saturated rings. The molecular formula is C22H33N3O5. The standard InChI is InChI=1S/C22H33N3O5/c1-22(2,3)21(28)23-15-17-5-7-18(8-6-17)20(27)25-11-9-24(10-12-25)13-14-30-19(26)16-29-4/h5-8H,9-16H2,1-4H3,(H,23,28). The first kappa shape index (κ1) is 23.8. The van der Waals surface area contributed by atoms with Crippen LogP contribution in [0, 0.1) is 5.41 Å². The van der Waals surface area contributed by atoms with Crippen molar-refractivity contribution in [2.45, 2.75) is 27.3 Å². The van der Waals surface area contributed by atoms with Gasteiger partial charge in [-0.1, -0.05) is 32.9 Å². The monoisotopic (exact) mass is 419 g/mol. The van der Waals surface area contributed by atoms with E-state index in [9.17, 15) is 14.4 Å². The number of benzene rings is 1. The summed E-state index contributed by atoms with van der Waals surface area (Å²) in [6.07, 6.45) is 0. The number of piperazine rings is 1. The van der Waals surface area contributed by atoms with Crippen LogP contribution >= 0.6 is 0 Å². The van der Waals surface area contributed by atoms with Crippen molar-refractivity contribution >= 4 is 17.8 Å². The highest BCUT2D eigenvalue weighted by Gasteiger charge is 2.23. The van der Waals surface area contributed by atoms with Gasteiger partial charge in [-0.05, 0) is 17.7 Å². The van der Waals surface area contributed by atoms with Crippen LogP contribution in [-0.4, -0.2) is 80.6 Å². The number of ether oxygens (including phenoxy) is 2. The van der Waals surface area contributed by atoms with Crippen molar-refractivity contribution in [1.29, 1.82) is 0 Å². The quantitative estimate of drug-likeness (QED) is 0.639. The van der Waals surface area contributed by atoms with Gasteiger partial charge in [-0.3, -0.25) is 14.5 Å². The molecule has 30 heavy (non-hydrogen) atoms. The zero-order valence-electron chi connectivity index (χ0n) is 18.4. The van der Waals surface area contributed by atoms with Gasteiger partial charge in [0.25, 0.3) is 5.91 Å². The van der Waals surface area contributed by atoms with E-state index in [0.29, 0.717) is 38.3 Å². The number of hydrogen-bond acceptors (Lipinski definition) is 6. The van der Waals surface area contributed by atoms with Gasteiger partial charge in [0.05, 0.1) is 0 Å². The van der Waals surface area contributed by atoms with E-state index in [2.05, 4.69) is 10.2 Å². The number of nitrogens with one attached hydrogen (secondary N) is 1. The van der Waals surface area contributed by atoms with Crippen LogP contribution in [0.15, 0.2) is 24.3 Å². The molecule has 8 heteroatoms. The van der Waals surface area contributed by atoms with Gasteiger partial charge in [0.1, 0.15) is 13.2 Å². The van der Waals surface area contributed by atoms with Gasteiger partial charge in [-0.25, -0.2) is 4.79 Å². The summed E-state index contributed by atoms with van der Waals surface area (Å²) in [4.78, 5) is 40.0. The molecule has 0 aliphatic carbocycles. The Morgan fingerprint density at radius 3 is 2.23 bits per heavy atom. The Labute approximate surface area is 178 Å². The van der Waals surface area contributed by atoms with Crippen molar-refractivity contribution in [2.75, 3.05) is 53.0 Å². The first-order valence-corrected chi connectivity index (χ1v) is 10.2. The van der Waals surface area contributed by atoms with E-state index < -0.39 is 5.41 Å². The molecule has 1 heterocycles. The maximum Gasteiger partial charge on any atom is 0.332 e. The van der Waals surface area contributed by atoms with E-state index in [-0.39, 0.29) is 24.4 Å². The Kier molecular flexibility index (Phi) is 8.80. The second-order valence-electron chi connectivity index (χ2n) is 8.42. The molecule has 0 unspecified atom stereocenters. The minimum absolute atomic E-state index is 0.00557. The van der Waals surface area contributed by atoms with Crippen LogP contribution in [-0.2, 0) is 25.6 Å². The number of carbonyl (C=O) groups excluding carboxylic acids is 3. The van der Waals surface area contributed by atoms with Crippen molar-refractivity contribution in [3.63, 3.8) is 0 Å². The molecule has 1 aromatic rings. The highest BCUT2D eigenvalue weighted by atomic mass is 16.6. The van der Waals surface area contributed by atoms with Crippen LogP contribution in [0.2, 0.25) is 0 Å². The van der Waals surface area contributed by atoms with Crippen molar-refractivity contribution in [2.24, 2.45) is 5.41 Å². The number of rotatable bonds is 8. The summed E-state index contributed by atoms with van der Waals surface area (Å²) in [6, 6.07) is 7.37. The first-order valence-electron chi connectivity index (χ1n) is 10.2. The maximum atomic E-state index is 12.7. The van der Waals surface area contributed by atoms with E-state index in [1.54, 1.807) is 0 Å². The van der Waals surface area contributed by atoms with Crippen LogP contribution in [0.3, 0.4) is 0 Å². The number of carbonyl (C=O) groups is 3. The van der Waals surface area contributed by atoms with Crippen molar-refractivity contribution in [1.82, 2.24) is 15.1 Å². The molecule has 0 saturated carbocycles. The third-order valence-electron chi connectivity index (χ3n) is 4.93. The Hall–Kier alpha value is -2.45. The molecule has 1 saturated heterocycles. The highest BCUT2D eigenvalue weighted by Crippen LogP contribution is 2.14. The molecule has 0 radical (unpaired) electrons. The fourth-order valence-corrected chi connectivity index (χ4v) is 3.02. The number of amides is 2. The predicted molar refractivity (Wildman–Crippen MR) is 113 cm³/mol. The Morgan fingerprint density at radius 2 is 1.67 bits per heavy atom. The summed E-state index contributed by atoms with van der Waals surface area (Å²) in [7, 11) is 1.45. The van der Waals surface area contributed by atoms with Crippen molar-refractivity contribution in [3.05, 3.63) is 35.4 Å². The maximum absolute atomic E-state index is 12.7. The van der Waals surface area contributed by atoms with E-state index in [0.717, 1.165) is 18.7 Å². The van der Waals surface area contributed by atoms with E-state index in [1.165, 1.54) is 7.11 Å². The van der Waals surface area contributed by atoms with Crippen LogP contribution < -0.4 is 5.32 Å². The number of nitrogens with zero attached hydrogens (tertiary/aromatic N) is 2. The molecule has 1 N–H and O–H groups in total. The van der Waals surface area contributed by atoms with Gasteiger partial charge in [-0.15, -0.1) is 0 Å². The SMILES string of the molecule is COCC(=O)OCCN1CCN(C(=O)c2ccc(CNC(=O)C(C)(C)C)cc2)CC1. The second-order valence-corrected chi connectivity index (χ2v) is 8.42. The van der Waals surface area contributed by atoms with Crippen molar-refractivity contribution < 1.29 is 23.9 Å². The van der Waals surface area contributed by atoms with Crippen LogP contribution in [0.1, 0.15) is 36.7 Å². The Bertz CT molecular complexity index is 719. The topological polar surface area (TPSA) is 88.2 Å². The van der Waals surface area contributed by atoms with Crippen LogP contribution in [0.4, 0.5) is 0 Å². The molecule has 1 aliphatic heterocycles. The minimum atomic E-state index is -0.427. The highest BCUT2D eigenvalue weighted by molar-refractivity contribution is 5.94. The molecule has 1 aliphatic rings. The fraction of sp³-hybridized carbons (Fsp3) is 0.591. The van der Waals surface area contributed by atoms with E-state index in [4.69, 9.17) is 9.47 Å². The molecular weight excluding hydrogens is 386 g/mol. The summed E-state index contributed by atoms with van der Waals surface area (Å²) in [5.41, 5.74) is 1.17. The summed E-state index contributed by atoms with van der Waals surface area (Å²) in [5.74, 6) is -0.367. The summed E-state index contributed by atoms with van der Waals surface area (Å²) in [5, 5.41) is 2.91. The predicted octanol–water partition coefficient (Wildman–Crippen LogP) is 1.30. The van der Waals surface area contributed by atoms with Crippen LogP contribution in [0.5, 0.6) is 0 Å². The molecule has 1 aromatic carbocycles. The number of methoxy groups -OCH3 is 1. The zero-order valence-corrected chi connectivity index (χ0v) is 18.4. The normalized spacial score (nSPS) is 15.0. The van der Waals surface area contributed by atoms with E-state index in [1.807, 2.05) is 49.9 Å². The number of hydrogen-bond donors (Lipinski definition) is 1. The third-order valence-corrected chi connectivity index (χ3v) is 4.93. The zero-order chi connectivity index (χ0) is 22.1. The average Bonchev–Trinajstić information content (AvgIpc) is 2.72. The summed E-state index contributed by atoms with van der Waals surface area (Å²) in [6.45, 7) is 9.74. The Balaban J connectivity index is 1.75. The van der Waals surface area contributed by atoms with Gasteiger partial charge in [0, 0.05) is 57.4 Å². The molecule has 2 rings (SSSR count). The van der Waals surface area contributed by atoms with E-state index >= 15 is 0 Å². The van der Waals surface area contributed by atoms with Gasteiger partial charge in [0.2, 0.25) is 5.91 Å². The Morgan fingerprint density at radius 1 is 1.03 bits per heavy atom. The molecule has 0 atom stereocenters. The lowest BCUT2D eigenvalue weighted by atomic mass is 9.95. The summed E-state index contributed by atoms with van der Waals surface area (Å²) < 4.78 is 9.80. The largest absolute Gasteiger partial charge is 0.463 e. The molecule has 2 amide bonds. The number of esters is 1. The molecule has 0 bridgehead atoms. The van der Waals surface area contributed by atoms with Crippen molar-refractivity contribution in [3.8, 4) is 0 Å². The fourth-order valence-electron chi connectivity index (χ4n) is 3.02. The molecule has 0 aromatic heterocycles. The lowest BCUT2D eigenvalue weighted by Crippen LogP contribution is -2.49. The van der Waals surface area contributed by atoms with Crippen LogP contribution in [0.25, 0.3) is 0 Å².